The van der Waals surface area contributed by atoms with Crippen LogP contribution >= 0.6 is 0 Å². The van der Waals surface area contributed by atoms with E-state index in [1.165, 1.54) is 0 Å². The molecule has 6 heteroatoms. The lowest BCUT2D eigenvalue weighted by molar-refractivity contribution is -0.162. The van der Waals surface area contributed by atoms with Crippen LogP contribution in [0.15, 0.2) is 0 Å². The maximum Gasteiger partial charge on any atom is 0.320 e. The Morgan fingerprint density at radius 2 is 1.39 bits per heavy atom. The predicted molar refractivity (Wildman–Crippen MR) is 93.7 cm³/mol. The Labute approximate surface area is 142 Å². The van der Waals surface area contributed by atoms with Gasteiger partial charge < -0.3 is 13.9 Å². The molecule has 1 atom stereocenters. The van der Waals surface area contributed by atoms with Crippen LogP contribution in [0.2, 0.25) is 18.1 Å². The lowest BCUT2D eigenvalue weighted by atomic mass is 10.0. The van der Waals surface area contributed by atoms with Crippen LogP contribution in [-0.2, 0) is 23.5 Å². The number of carbonyl (C=O) groups excluding carboxylic acids is 2. The zero-order valence-electron chi connectivity index (χ0n) is 16.0. The summed E-state index contributed by atoms with van der Waals surface area (Å²) in [5, 5.41) is 0.128. The quantitative estimate of drug-likeness (QED) is 0.360. The summed E-state index contributed by atoms with van der Waals surface area (Å²) in [7, 11) is -1.86. The summed E-state index contributed by atoms with van der Waals surface area (Å²) < 4.78 is 16.2. The molecule has 0 aliphatic rings. The van der Waals surface area contributed by atoms with Gasteiger partial charge in [-0.2, -0.15) is 0 Å². The summed E-state index contributed by atoms with van der Waals surface area (Å²) in [6.45, 7) is 16.9. The van der Waals surface area contributed by atoms with Gasteiger partial charge in [-0.15, -0.1) is 0 Å². The highest BCUT2D eigenvalue weighted by atomic mass is 28.4. The molecule has 1 unspecified atom stereocenters. The van der Waals surface area contributed by atoms with Crippen LogP contribution in [0, 0.1) is 5.92 Å². The Hall–Kier alpha value is -0.883. The Bertz CT molecular complexity index is 369. The third-order valence-corrected chi connectivity index (χ3v) is 8.91. The Morgan fingerprint density at radius 1 is 0.957 bits per heavy atom. The van der Waals surface area contributed by atoms with E-state index in [4.69, 9.17) is 13.9 Å². The first-order valence-corrected chi connectivity index (χ1v) is 11.4. The van der Waals surface area contributed by atoms with Gasteiger partial charge in [0.05, 0.1) is 13.2 Å². The molecule has 0 radical (unpaired) electrons. The first-order valence-electron chi connectivity index (χ1n) is 8.47. The molecule has 0 bridgehead atoms. The average Bonchev–Trinajstić information content (AvgIpc) is 2.37. The summed E-state index contributed by atoms with van der Waals surface area (Å²) in [5.41, 5.74) is 0. The van der Waals surface area contributed by atoms with Crippen molar-refractivity contribution in [1.82, 2.24) is 0 Å². The minimum Gasteiger partial charge on any atom is -0.465 e. The van der Waals surface area contributed by atoms with Gasteiger partial charge in [-0.25, -0.2) is 0 Å². The number of hydrogen-bond acceptors (Lipinski definition) is 5. The number of hydrogen-bond donors (Lipinski definition) is 0. The molecule has 0 aliphatic carbocycles. The molecule has 0 fully saturated rings. The van der Waals surface area contributed by atoms with Crippen LogP contribution in [0.3, 0.4) is 0 Å². The number of ether oxygens (including phenoxy) is 2. The molecule has 0 N–H and O–H groups in total. The third kappa shape index (κ3) is 7.48. The first kappa shape index (κ1) is 22.1. The topological polar surface area (TPSA) is 61.8 Å². The summed E-state index contributed by atoms with van der Waals surface area (Å²) in [6.07, 6.45) is 0.990. The van der Waals surface area contributed by atoms with Crippen LogP contribution in [0.5, 0.6) is 0 Å². The fourth-order valence-corrected chi connectivity index (χ4v) is 3.43. The molecule has 0 aromatic carbocycles. The summed E-state index contributed by atoms with van der Waals surface area (Å²) in [4.78, 5) is 23.9. The maximum atomic E-state index is 12.0. The van der Waals surface area contributed by atoms with Gasteiger partial charge in [0, 0.05) is 6.10 Å². The smallest absolute Gasteiger partial charge is 0.320 e. The molecule has 0 rings (SSSR count). The monoisotopic (exact) mass is 346 g/mol. The van der Waals surface area contributed by atoms with Gasteiger partial charge in [-0.05, 0) is 51.7 Å². The molecule has 0 aromatic rings. The number of rotatable bonds is 9. The zero-order chi connectivity index (χ0) is 18.3. The average molecular weight is 347 g/mol. The van der Waals surface area contributed by atoms with Crippen molar-refractivity contribution in [2.75, 3.05) is 13.2 Å². The molecule has 0 heterocycles. The minimum atomic E-state index is -1.86. The summed E-state index contributed by atoms with van der Waals surface area (Å²) >= 11 is 0. The van der Waals surface area contributed by atoms with Crippen molar-refractivity contribution in [3.8, 4) is 0 Å². The molecule has 0 spiro atoms. The van der Waals surface area contributed by atoms with Crippen molar-refractivity contribution in [3.63, 3.8) is 0 Å². The van der Waals surface area contributed by atoms with Gasteiger partial charge in [0.1, 0.15) is 0 Å². The Balaban J connectivity index is 4.72. The molecular weight excluding hydrogens is 312 g/mol. The van der Waals surface area contributed by atoms with E-state index in [-0.39, 0.29) is 24.4 Å². The molecule has 5 nitrogen and oxygen atoms in total. The maximum absolute atomic E-state index is 12.0. The second-order valence-corrected chi connectivity index (χ2v) is 12.1. The largest absolute Gasteiger partial charge is 0.465 e. The first-order chi connectivity index (χ1) is 10.5. The fourth-order valence-electron chi connectivity index (χ4n) is 1.96. The molecule has 0 aliphatic heterocycles. The minimum absolute atomic E-state index is 0.0118. The molecular formula is C17H34O5Si. The zero-order valence-corrected chi connectivity index (χ0v) is 17.0. The van der Waals surface area contributed by atoms with E-state index in [0.717, 1.165) is 0 Å². The van der Waals surface area contributed by atoms with E-state index in [9.17, 15) is 9.59 Å². The van der Waals surface area contributed by atoms with Crippen molar-refractivity contribution in [2.45, 2.75) is 78.6 Å². The van der Waals surface area contributed by atoms with Gasteiger partial charge >= 0.3 is 11.9 Å². The number of esters is 2. The van der Waals surface area contributed by atoms with Gasteiger partial charge in [-0.3, -0.25) is 9.59 Å². The van der Waals surface area contributed by atoms with Gasteiger partial charge in [0.15, 0.2) is 14.2 Å². The standard InChI is InChI=1S/C17H34O5Si/c1-9-20-15(18)14(16(19)21-10-2)12-11-13(3)22-23(7,8)17(4,5)6/h13-14H,9-12H2,1-8H3. The summed E-state index contributed by atoms with van der Waals surface area (Å²) in [6, 6.07) is 0. The van der Waals surface area contributed by atoms with E-state index in [2.05, 4.69) is 33.9 Å². The summed E-state index contributed by atoms with van der Waals surface area (Å²) in [5.74, 6) is -1.88. The second kappa shape index (κ2) is 9.42. The normalized spacial score (nSPS) is 13.8. The Morgan fingerprint density at radius 3 is 1.74 bits per heavy atom. The molecule has 0 saturated heterocycles. The van der Waals surface area contributed by atoms with Gasteiger partial charge in [-0.1, -0.05) is 20.8 Å². The van der Waals surface area contributed by atoms with Crippen LogP contribution < -0.4 is 0 Å². The SMILES string of the molecule is CCOC(=O)C(CCC(C)O[Si](C)(C)C(C)(C)C)C(=O)OCC. The van der Waals surface area contributed by atoms with E-state index in [0.29, 0.717) is 12.8 Å². The molecule has 136 valence electrons. The van der Waals surface area contributed by atoms with Crippen molar-refractivity contribution >= 4 is 20.3 Å². The third-order valence-electron chi connectivity index (χ3n) is 4.31. The molecule has 0 amide bonds. The van der Waals surface area contributed by atoms with Crippen LogP contribution in [0.4, 0.5) is 0 Å². The lowest BCUT2D eigenvalue weighted by Crippen LogP contribution is -2.43. The van der Waals surface area contributed by atoms with E-state index >= 15 is 0 Å². The van der Waals surface area contributed by atoms with Crippen molar-refractivity contribution < 1.29 is 23.5 Å². The molecule has 0 saturated carbocycles. The van der Waals surface area contributed by atoms with Crippen LogP contribution in [0.1, 0.15) is 54.4 Å². The predicted octanol–water partition coefficient (Wildman–Crippen LogP) is 3.92. The highest BCUT2D eigenvalue weighted by Crippen LogP contribution is 2.37. The van der Waals surface area contributed by atoms with Crippen LogP contribution in [-0.4, -0.2) is 39.6 Å². The van der Waals surface area contributed by atoms with Crippen molar-refractivity contribution in [3.05, 3.63) is 0 Å². The Kier molecular flexibility index (Phi) is 9.06. The van der Waals surface area contributed by atoms with E-state index in [1.54, 1.807) is 13.8 Å². The lowest BCUT2D eigenvalue weighted by Gasteiger charge is -2.38. The highest BCUT2D eigenvalue weighted by molar-refractivity contribution is 6.74. The van der Waals surface area contributed by atoms with E-state index < -0.39 is 26.2 Å². The fraction of sp³-hybridized carbons (Fsp3) is 0.882. The van der Waals surface area contributed by atoms with Crippen molar-refractivity contribution in [1.29, 1.82) is 0 Å². The molecule has 23 heavy (non-hydrogen) atoms. The number of carbonyl (C=O) groups is 2. The second-order valence-electron chi connectivity index (χ2n) is 7.32. The van der Waals surface area contributed by atoms with E-state index in [1.807, 2.05) is 6.92 Å². The molecule has 0 aromatic heterocycles. The highest BCUT2D eigenvalue weighted by Gasteiger charge is 2.39. The van der Waals surface area contributed by atoms with Crippen LogP contribution in [0.25, 0.3) is 0 Å². The van der Waals surface area contributed by atoms with Gasteiger partial charge in [0.25, 0.3) is 0 Å². The van der Waals surface area contributed by atoms with Gasteiger partial charge in [0.2, 0.25) is 0 Å². The van der Waals surface area contributed by atoms with Crippen molar-refractivity contribution in [2.24, 2.45) is 5.92 Å².